The van der Waals surface area contributed by atoms with Crippen LogP contribution in [0.4, 0.5) is 0 Å². The molecule has 0 saturated carbocycles. The molecule has 3 aromatic rings. The van der Waals surface area contributed by atoms with E-state index in [-0.39, 0.29) is 5.69 Å². The molecule has 1 aromatic heterocycles. The fourth-order valence-electron chi connectivity index (χ4n) is 3.32. The SMILES string of the molecule is COc1ccc(CN=c2cc(-c3ccc(OC)c(OC)c3)n(C)c(=O)n2C)cc1OC. The molecular weight excluding hydrogens is 398 g/mol. The minimum atomic E-state index is -0.182. The van der Waals surface area contributed by atoms with E-state index in [2.05, 4.69) is 4.99 Å². The zero-order valence-corrected chi connectivity index (χ0v) is 18.6. The first kappa shape index (κ1) is 22.0. The fourth-order valence-corrected chi connectivity index (χ4v) is 3.32. The lowest BCUT2D eigenvalue weighted by Gasteiger charge is -2.14. The first-order valence-corrected chi connectivity index (χ1v) is 9.64. The molecule has 0 aliphatic rings. The Kier molecular flexibility index (Phi) is 6.69. The van der Waals surface area contributed by atoms with Crippen LogP contribution in [0.5, 0.6) is 23.0 Å². The molecular formula is C23H27N3O5. The lowest BCUT2D eigenvalue weighted by atomic mass is 10.1. The van der Waals surface area contributed by atoms with Gasteiger partial charge in [-0.1, -0.05) is 6.07 Å². The van der Waals surface area contributed by atoms with Gasteiger partial charge in [0.1, 0.15) is 5.49 Å². The summed E-state index contributed by atoms with van der Waals surface area (Å²) >= 11 is 0. The number of aromatic nitrogens is 2. The van der Waals surface area contributed by atoms with Crippen LogP contribution in [0.2, 0.25) is 0 Å². The molecule has 8 nitrogen and oxygen atoms in total. The number of hydrogen-bond donors (Lipinski definition) is 0. The van der Waals surface area contributed by atoms with Crippen molar-refractivity contribution in [2.75, 3.05) is 28.4 Å². The summed E-state index contributed by atoms with van der Waals surface area (Å²) in [5.41, 5.74) is 2.85. The van der Waals surface area contributed by atoms with E-state index in [1.165, 1.54) is 4.57 Å². The second-order valence-corrected chi connectivity index (χ2v) is 6.86. The second-order valence-electron chi connectivity index (χ2n) is 6.86. The zero-order chi connectivity index (χ0) is 22.5. The van der Waals surface area contributed by atoms with Crippen molar-refractivity contribution in [2.24, 2.45) is 19.1 Å². The van der Waals surface area contributed by atoms with Crippen LogP contribution in [-0.4, -0.2) is 37.6 Å². The summed E-state index contributed by atoms with van der Waals surface area (Å²) in [6.07, 6.45) is 0. The Bertz CT molecular complexity index is 1210. The molecule has 1 heterocycles. The standard InChI is InChI=1S/C23H27N3O5/c1-25-17(16-8-10-19(29-4)21(12-16)31-6)13-22(26(2)23(25)27)24-14-15-7-9-18(28-3)20(11-15)30-5/h7-13H,14H2,1-6H3. The first-order chi connectivity index (χ1) is 14.9. The summed E-state index contributed by atoms with van der Waals surface area (Å²) in [6, 6.07) is 13.0. The molecule has 164 valence electrons. The molecule has 0 spiro atoms. The van der Waals surface area contributed by atoms with Crippen molar-refractivity contribution in [3.8, 4) is 34.3 Å². The van der Waals surface area contributed by atoms with Crippen molar-refractivity contribution in [2.45, 2.75) is 6.54 Å². The highest BCUT2D eigenvalue weighted by molar-refractivity contribution is 5.64. The summed E-state index contributed by atoms with van der Waals surface area (Å²) in [4.78, 5) is 17.5. The molecule has 2 aromatic carbocycles. The van der Waals surface area contributed by atoms with E-state index in [0.717, 1.165) is 16.8 Å². The molecule has 0 radical (unpaired) electrons. The number of ether oxygens (including phenoxy) is 4. The maximum absolute atomic E-state index is 12.8. The molecule has 3 rings (SSSR count). The molecule has 31 heavy (non-hydrogen) atoms. The normalized spacial score (nSPS) is 11.4. The van der Waals surface area contributed by atoms with Gasteiger partial charge in [-0.05, 0) is 35.9 Å². The predicted molar refractivity (Wildman–Crippen MR) is 118 cm³/mol. The van der Waals surface area contributed by atoms with Gasteiger partial charge in [0.05, 0.1) is 40.7 Å². The molecule has 0 amide bonds. The Morgan fingerprint density at radius 2 is 1.32 bits per heavy atom. The van der Waals surface area contributed by atoms with Gasteiger partial charge in [0, 0.05) is 25.7 Å². The molecule has 0 unspecified atom stereocenters. The molecule has 0 N–H and O–H groups in total. The van der Waals surface area contributed by atoms with Gasteiger partial charge in [-0.2, -0.15) is 0 Å². The van der Waals surface area contributed by atoms with Crippen molar-refractivity contribution in [3.05, 3.63) is 64.0 Å². The highest BCUT2D eigenvalue weighted by Gasteiger charge is 2.11. The smallest absolute Gasteiger partial charge is 0.329 e. The van der Waals surface area contributed by atoms with Crippen LogP contribution in [0.15, 0.2) is 52.3 Å². The van der Waals surface area contributed by atoms with E-state index in [0.29, 0.717) is 35.0 Å². The minimum absolute atomic E-state index is 0.182. The van der Waals surface area contributed by atoms with Crippen molar-refractivity contribution in [1.82, 2.24) is 9.13 Å². The monoisotopic (exact) mass is 425 g/mol. The van der Waals surface area contributed by atoms with Gasteiger partial charge in [0.15, 0.2) is 23.0 Å². The van der Waals surface area contributed by atoms with Gasteiger partial charge < -0.3 is 18.9 Å². The average molecular weight is 425 g/mol. The number of hydrogen-bond acceptors (Lipinski definition) is 6. The highest BCUT2D eigenvalue weighted by atomic mass is 16.5. The van der Waals surface area contributed by atoms with Gasteiger partial charge >= 0.3 is 5.69 Å². The van der Waals surface area contributed by atoms with Gasteiger partial charge in [0.2, 0.25) is 0 Å². The number of rotatable bonds is 7. The van der Waals surface area contributed by atoms with Crippen LogP contribution in [0, 0.1) is 0 Å². The van der Waals surface area contributed by atoms with E-state index in [4.69, 9.17) is 18.9 Å². The van der Waals surface area contributed by atoms with Gasteiger partial charge in [0.25, 0.3) is 0 Å². The lowest BCUT2D eigenvalue weighted by Crippen LogP contribution is -2.37. The van der Waals surface area contributed by atoms with Crippen molar-refractivity contribution in [3.63, 3.8) is 0 Å². The zero-order valence-electron chi connectivity index (χ0n) is 18.6. The average Bonchev–Trinajstić information content (AvgIpc) is 2.81. The summed E-state index contributed by atoms with van der Waals surface area (Å²) < 4.78 is 24.5. The summed E-state index contributed by atoms with van der Waals surface area (Å²) in [7, 11) is 9.78. The van der Waals surface area contributed by atoms with E-state index in [9.17, 15) is 4.79 Å². The topological polar surface area (TPSA) is 76.2 Å². The summed E-state index contributed by atoms with van der Waals surface area (Å²) in [6.45, 7) is 0.382. The molecule has 0 bridgehead atoms. The van der Waals surface area contributed by atoms with Crippen LogP contribution >= 0.6 is 0 Å². The van der Waals surface area contributed by atoms with Crippen molar-refractivity contribution < 1.29 is 18.9 Å². The van der Waals surface area contributed by atoms with Crippen LogP contribution in [-0.2, 0) is 20.6 Å². The number of nitrogens with zero attached hydrogens (tertiary/aromatic N) is 3. The van der Waals surface area contributed by atoms with Crippen LogP contribution in [0.3, 0.4) is 0 Å². The van der Waals surface area contributed by atoms with E-state index in [1.807, 2.05) is 42.5 Å². The van der Waals surface area contributed by atoms with Crippen molar-refractivity contribution >= 4 is 0 Å². The molecule has 0 aliphatic heterocycles. The predicted octanol–water partition coefficient (Wildman–Crippen LogP) is 2.53. The molecule has 0 fully saturated rings. The Hall–Kier alpha value is -3.68. The molecule has 0 atom stereocenters. The Labute approximate surface area is 180 Å². The largest absolute Gasteiger partial charge is 0.493 e. The minimum Gasteiger partial charge on any atom is -0.493 e. The van der Waals surface area contributed by atoms with Gasteiger partial charge in [-0.15, -0.1) is 0 Å². The fraction of sp³-hybridized carbons (Fsp3) is 0.304. The van der Waals surface area contributed by atoms with E-state index >= 15 is 0 Å². The third-order valence-electron chi connectivity index (χ3n) is 5.10. The highest BCUT2D eigenvalue weighted by Crippen LogP contribution is 2.31. The summed E-state index contributed by atoms with van der Waals surface area (Å²) in [5, 5.41) is 0. The van der Waals surface area contributed by atoms with Crippen LogP contribution in [0.25, 0.3) is 11.3 Å². The molecule has 8 heteroatoms. The van der Waals surface area contributed by atoms with Gasteiger partial charge in [-0.25, -0.2) is 4.79 Å². The summed E-state index contributed by atoms with van der Waals surface area (Å²) in [5.74, 6) is 2.50. The maximum Gasteiger partial charge on any atom is 0.329 e. The Balaban J connectivity index is 2.07. The maximum atomic E-state index is 12.8. The molecule has 0 aliphatic carbocycles. The van der Waals surface area contributed by atoms with Crippen LogP contribution in [0.1, 0.15) is 5.56 Å². The Morgan fingerprint density at radius 1 is 0.742 bits per heavy atom. The Morgan fingerprint density at radius 3 is 1.94 bits per heavy atom. The van der Waals surface area contributed by atoms with Crippen LogP contribution < -0.4 is 30.1 Å². The number of methoxy groups -OCH3 is 4. The number of benzene rings is 2. The third-order valence-corrected chi connectivity index (χ3v) is 5.10. The quantitative estimate of drug-likeness (QED) is 0.582. The van der Waals surface area contributed by atoms with E-state index in [1.54, 1.807) is 47.1 Å². The first-order valence-electron chi connectivity index (χ1n) is 9.64. The lowest BCUT2D eigenvalue weighted by molar-refractivity contribution is 0.354. The third kappa shape index (κ3) is 4.42. The molecule has 0 saturated heterocycles. The second kappa shape index (κ2) is 9.42. The van der Waals surface area contributed by atoms with E-state index < -0.39 is 0 Å². The van der Waals surface area contributed by atoms with Crippen molar-refractivity contribution in [1.29, 1.82) is 0 Å². The van der Waals surface area contributed by atoms with Gasteiger partial charge in [-0.3, -0.25) is 14.1 Å².